The maximum atomic E-state index is 11.9. The average molecular weight is 335 g/mol. The number of carbonyl (C=O) groups is 1. The highest BCUT2D eigenvalue weighted by atomic mass is 35.5. The second-order valence-electron chi connectivity index (χ2n) is 5.03. The van der Waals surface area contributed by atoms with Gasteiger partial charge in [-0.25, -0.2) is 4.68 Å². The van der Waals surface area contributed by atoms with Gasteiger partial charge in [-0.1, -0.05) is 18.2 Å². The molecule has 1 unspecified atom stereocenters. The second kappa shape index (κ2) is 7.80. The SMILES string of the molecule is COc1cccc(-n2cc(CNC(=O)C3C=CCN3)cn2)c1.Cl. The van der Waals surface area contributed by atoms with Gasteiger partial charge in [0.2, 0.25) is 5.91 Å². The zero-order valence-electron chi connectivity index (χ0n) is 12.7. The number of methoxy groups -OCH3 is 1. The number of nitrogens with zero attached hydrogens (tertiary/aromatic N) is 2. The number of benzene rings is 1. The molecular formula is C16H19ClN4O2. The lowest BCUT2D eigenvalue weighted by Crippen LogP contribution is -2.40. The van der Waals surface area contributed by atoms with Crippen molar-refractivity contribution in [3.63, 3.8) is 0 Å². The van der Waals surface area contributed by atoms with Crippen molar-refractivity contribution in [1.29, 1.82) is 0 Å². The van der Waals surface area contributed by atoms with Crippen molar-refractivity contribution in [1.82, 2.24) is 20.4 Å². The molecule has 0 aliphatic carbocycles. The number of rotatable bonds is 5. The van der Waals surface area contributed by atoms with E-state index in [1.165, 1.54) is 0 Å². The summed E-state index contributed by atoms with van der Waals surface area (Å²) >= 11 is 0. The van der Waals surface area contributed by atoms with Gasteiger partial charge in [-0.3, -0.25) is 10.1 Å². The maximum Gasteiger partial charge on any atom is 0.241 e. The standard InChI is InChI=1S/C16H18N4O2.ClH/c1-22-14-5-2-4-13(8-14)20-11-12(10-19-20)9-18-16(21)15-6-3-7-17-15;/h2-6,8,10-11,15,17H,7,9H2,1H3,(H,18,21);1H. The average Bonchev–Trinajstić information content (AvgIpc) is 3.24. The minimum atomic E-state index is -0.228. The minimum absolute atomic E-state index is 0. The van der Waals surface area contributed by atoms with Crippen molar-refractivity contribution in [2.45, 2.75) is 12.6 Å². The van der Waals surface area contributed by atoms with Crippen LogP contribution in [0.1, 0.15) is 5.56 Å². The summed E-state index contributed by atoms with van der Waals surface area (Å²) in [6.07, 6.45) is 7.46. The van der Waals surface area contributed by atoms with Crippen LogP contribution >= 0.6 is 12.4 Å². The zero-order valence-corrected chi connectivity index (χ0v) is 13.5. The Hall–Kier alpha value is -2.31. The maximum absolute atomic E-state index is 11.9. The first kappa shape index (κ1) is 17.1. The molecule has 7 heteroatoms. The first-order valence-electron chi connectivity index (χ1n) is 7.12. The normalized spacial score (nSPS) is 16.0. The first-order valence-corrected chi connectivity index (χ1v) is 7.12. The van der Waals surface area contributed by atoms with E-state index in [1.807, 2.05) is 42.6 Å². The molecule has 2 N–H and O–H groups in total. The lowest BCUT2D eigenvalue weighted by atomic mass is 10.2. The van der Waals surface area contributed by atoms with E-state index in [2.05, 4.69) is 15.7 Å². The third kappa shape index (κ3) is 4.12. The summed E-state index contributed by atoms with van der Waals surface area (Å²) in [6.45, 7) is 1.20. The van der Waals surface area contributed by atoms with Crippen LogP contribution in [0.4, 0.5) is 0 Å². The summed E-state index contributed by atoms with van der Waals surface area (Å²) in [5.74, 6) is 0.754. The molecule has 6 nitrogen and oxygen atoms in total. The Labute approximate surface area is 140 Å². The Balaban J connectivity index is 0.00000192. The van der Waals surface area contributed by atoms with Crippen LogP contribution in [-0.2, 0) is 11.3 Å². The van der Waals surface area contributed by atoms with Crippen molar-refractivity contribution in [2.75, 3.05) is 13.7 Å². The van der Waals surface area contributed by atoms with E-state index in [0.29, 0.717) is 6.54 Å². The molecule has 0 spiro atoms. The van der Waals surface area contributed by atoms with E-state index in [0.717, 1.165) is 23.5 Å². The summed E-state index contributed by atoms with van der Waals surface area (Å²) < 4.78 is 6.97. The minimum Gasteiger partial charge on any atom is -0.497 e. The molecule has 1 atom stereocenters. The Morgan fingerprint density at radius 2 is 2.39 bits per heavy atom. The van der Waals surface area contributed by atoms with Crippen molar-refractivity contribution in [2.24, 2.45) is 0 Å². The molecule has 1 amide bonds. The highest BCUT2D eigenvalue weighted by molar-refractivity contribution is 5.85. The van der Waals surface area contributed by atoms with E-state index >= 15 is 0 Å². The fraction of sp³-hybridized carbons (Fsp3) is 0.250. The fourth-order valence-corrected chi connectivity index (χ4v) is 2.29. The molecule has 0 bridgehead atoms. The molecule has 1 aliphatic rings. The number of nitrogens with one attached hydrogen (secondary N) is 2. The van der Waals surface area contributed by atoms with Crippen LogP contribution in [0, 0.1) is 0 Å². The largest absolute Gasteiger partial charge is 0.497 e. The zero-order chi connectivity index (χ0) is 15.4. The van der Waals surface area contributed by atoms with Gasteiger partial charge in [-0.15, -0.1) is 12.4 Å². The highest BCUT2D eigenvalue weighted by Gasteiger charge is 2.16. The lowest BCUT2D eigenvalue weighted by molar-refractivity contribution is -0.122. The van der Waals surface area contributed by atoms with Crippen molar-refractivity contribution >= 4 is 18.3 Å². The van der Waals surface area contributed by atoms with Crippen LogP contribution in [0.25, 0.3) is 5.69 Å². The quantitative estimate of drug-likeness (QED) is 0.812. The number of carbonyl (C=O) groups excluding carboxylic acids is 1. The Kier molecular flexibility index (Phi) is 5.78. The molecule has 23 heavy (non-hydrogen) atoms. The molecule has 0 saturated heterocycles. The van der Waals surface area contributed by atoms with Crippen LogP contribution in [0.15, 0.2) is 48.8 Å². The summed E-state index contributed by atoms with van der Waals surface area (Å²) in [5.41, 5.74) is 1.86. The summed E-state index contributed by atoms with van der Waals surface area (Å²) in [5, 5.41) is 10.3. The molecule has 1 aliphatic heterocycles. The molecule has 0 radical (unpaired) electrons. The number of ether oxygens (including phenoxy) is 1. The third-order valence-electron chi connectivity index (χ3n) is 3.49. The number of aromatic nitrogens is 2. The van der Waals surface area contributed by atoms with Gasteiger partial charge in [0.25, 0.3) is 0 Å². The smallest absolute Gasteiger partial charge is 0.241 e. The first-order chi connectivity index (χ1) is 10.8. The second-order valence-corrected chi connectivity index (χ2v) is 5.03. The van der Waals surface area contributed by atoms with Gasteiger partial charge < -0.3 is 10.1 Å². The molecule has 2 heterocycles. The van der Waals surface area contributed by atoms with Crippen LogP contribution in [0.5, 0.6) is 5.75 Å². The summed E-state index contributed by atoms with van der Waals surface area (Å²) in [4.78, 5) is 11.9. The topological polar surface area (TPSA) is 68.2 Å². The highest BCUT2D eigenvalue weighted by Crippen LogP contribution is 2.16. The number of hydrogen-bond acceptors (Lipinski definition) is 4. The van der Waals surface area contributed by atoms with E-state index in [4.69, 9.17) is 4.74 Å². The molecule has 1 aromatic carbocycles. The van der Waals surface area contributed by atoms with Gasteiger partial charge >= 0.3 is 0 Å². The van der Waals surface area contributed by atoms with Crippen LogP contribution in [-0.4, -0.2) is 35.4 Å². The molecule has 0 fully saturated rings. The lowest BCUT2D eigenvalue weighted by Gasteiger charge is -2.09. The van der Waals surface area contributed by atoms with Gasteiger partial charge in [0.1, 0.15) is 11.8 Å². The van der Waals surface area contributed by atoms with Crippen molar-refractivity contribution in [3.8, 4) is 11.4 Å². The molecule has 1 aromatic heterocycles. The molecule has 3 rings (SSSR count). The van der Waals surface area contributed by atoms with Gasteiger partial charge in [-0.05, 0) is 12.1 Å². The third-order valence-corrected chi connectivity index (χ3v) is 3.49. The van der Waals surface area contributed by atoms with Gasteiger partial charge in [0.15, 0.2) is 0 Å². The molecule has 0 saturated carbocycles. The van der Waals surface area contributed by atoms with Gasteiger partial charge in [-0.2, -0.15) is 5.10 Å². The van der Waals surface area contributed by atoms with Crippen molar-refractivity contribution in [3.05, 3.63) is 54.4 Å². The summed E-state index contributed by atoms with van der Waals surface area (Å²) in [6, 6.07) is 7.42. The Bertz CT molecular complexity index is 699. The van der Waals surface area contributed by atoms with Gasteiger partial charge in [0, 0.05) is 30.9 Å². The van der Waals surface area contributed by atoms with E-state index in [9.17, 15) is 4.79 Å². The monoisotopic (exact) mass is 334 g/mol. The number of amides is 1. The number of halogens is 1. The van der Waals surface area contributed by atoms with E-state index in [1.54, 1.807) is 18.0 Å². The number of hydrogen-bond donors (Lipinski definition) is 2. The molecule has 122 valence electrons. The predicted octanol–water partition coefficient (Wildman–Crippen LogP) is 1.45. The van der Waals surface area contributed by atoms with Gasteiger partial charge in [0.05, 0.1) is 19.0 Å². The Morgan fingerprint density at radius 1 is 1.52 bits per heavy atom. The van der Waals surface area contributed by atoms with Crippen LogP contribution < -0.4 is 15.4 Å². The predicted molar refractivity (Wildman–Crippen MR) is 90.1 cm³/mol. The van der Waals surface area contributed by atoms with Crippen LogP contribution in [0.2, 0.25) is 0 Å². The Morgan fingerprint density at radius 3 is 3.13 bits per heavy atom. The van der Waals surface area contributed by atoms with E-state index < -0.39 is 0 Å². The van der Waals surface area contributed by atoms with Crippen LogP contribution in [0.3, 0.4) is 0 Å². The summed E-state index contributed by atoms with van der Waals surface area (Å²) in [7, 11) is 1.63. The van der Waals surface area contributed by atoms with E-state index in [-0.39, 0.29) is 24.4 Å². The molecular weight excluding hydrogens is 316 g/mol. The fourth-order valence-electron chi connectivity index (χ4n) is 2.29. The molecule has 2 aromatic rings. The van der Waals surface area contributed by atoms with Crippen molar-refractivity contribution < 1.29 is 9.53 Å².